The Bertz CT molecular complexity index is 1710. The van der Waals surface area contributed by atoms with E-state index in [4.69, 9.17) is 13.8 Å². The molecule has 9 nitrogen and oxygen atoms in total. The van der Waals surface area contributed by atoms with E-state index in [2.05, 4.69) is 111 Å². The lowest BCUT2D eigenvalue weighted by atomic mass is 10.0. The first-order valence-electron chi connectivity index (χ1n) is 33.5. The number of nitrogens with one attached hydrogen (secondary N) is 1. The first-order chi connectivity index (χ1) is 39.4. The van der Waals surface area contributed by atoms with Gasteiger partial charge in [0.1, 0.15) is 19.3 Å². The zero-order valence-electron chi connectivity index (χ0n) is 53.5. The van der Waals surface area contributed by atoms with E-state index in [9.17, 15) is 19.0 Å². The minimum absolute atomic E-state index is 0.0279. The third-order valence-corrected chi connectivity index (χ3v) is 15.5. The Morgan fingerprint density at radius 2 is 0.790 bits per heavy atom. The smallest absolute Gasteiger partial charge is 0.306 e. The van der Waals surface area contributed by atoms with Crippen molar-refractivity contribution in [1.82, 2.24) is 5.32 Å². The van der Waals surface area contributed by atoms with Crippen LogP contribution in [0.1, 0.15) is 290 Å². The number of phosphoric acid groups is 1. The summed E-state index contributed by atoms with van der Waals surface area (Å²) >= 11 is 0. The lowest BCUT2D eigenvalue weighted by Gasteiger charge is -2.30. The van der Waals surface area contributed by atoms with Gasteiger partial charge in [-0.15, -0.1) is 0 Å². The standard InChI is InChI=1S/C71H127N2O7P/c1-7-10-13-16-19-22-25-28-30-31-32-33-34-35-36-37-38-39-40-41-43-46-49-52-55-58-61-64-71(75)80-69(62-59-56-53-50-47-44-27-24-21-18-15-12-9-3)68(67-79-81(76,77)78-66-65-73(4,5)6)72-70(74)63-60-57-54-51-48-45-42-29-26-23-20-17-14-11-8-2/h10,13,19,22-23,26,28,30,32-33,35-36,38-39,59,62,68-69H,7-9,11-12,14-18,20-21,24-25,27,29,31,34,37,40-58,60-61,63-67H2,1-6H3,(H-,72,74,76,77)/b13-10-,22-19-,26-23-,30-28-,33-32-,36-35-,39-38-,62-59-. The summed E-state index contributed by atoms with van der Waals surface area (Å²) in [4.78, 5) is 40.1. The summed E-state index contributed by atoms with van der Waals surface area (Å²) in [5.41, 5.74) is 0. The summed E-state index contributed by atoms with van der Waals surface area (Å²) in [6, 6.07) is -0.899. The van der Waals surface area contributed by atoms with E-state index in [0.29, 0.717) is 17.4 Å². The average Bonchev–Trinajstić information content (AvgIpc) is 3.44. The molecular weight excluding hydrogens is 1020 g/mol. The van der Waals surface area contributed by atoms with Gasteiger partial charge in [0.25, 0.3) is 7.82 Å². The second kappa shape index (κ2) is 60.1. The molecule has 0 fully saturated rings. The van der Waals surface area contributed by atoms with Gasteiger partial charge in [-0.3, -0.25) is 14.2 Å². The molecule has 0 aromatic carbocycles. The third-order valence-electron chi connectivity index (χ3n) is 14.5. The maximum absolute atomic E-state index is 13.5. The second-order valence-electron chi connectivity index (χ2n) is 23.6. The Labute approximate surface area is 500 Å². The second-order valence-corrected chi connectivity index (χ2v) is 25.0. The third kappa shape index (κ3) is 61.3. The summed E-state index contributed by atoms with van der Waals surface area (Å²) in [5, 5.41) is 3.03. The van der Waals surface area contributed by atoms with E-state index in [0.717, 1.165) is 122 Å². The highest BCUT2D eigenvalue weighted by Gasteiger charge is 2.27. The van der Waals surface area contributed by atoms with Crippen LogP contribution in [0, 0.1) is 0 Å². The lowest BCUT2D eigenvalue weighted by Crippen LogP contribution is -2.47. The minimum atomic E-state index is -4.71. The molecule has 10 heteroatoms. The summed E-state index contributed by atoms with van der Waals surface area (Å²) < 4.78 is 30.4. The molecule has 0 heterocycles. The van der Waals surface area contributed by atoms with Gasteiger partial charge in [0.15, 0.2) is 0 Å². The van der Waals surface area contributed by atoms with Crippen molar-refractivity contribution in [1.29, 1.82) is 0 Å². The largest absolute Gasteiger partial charge is 0.756 e. The van der Waals surface area contributed by atoms with Crippen LogP contribution in [0.2, 0.25) is 0 Å². The first-order valence-corrected chi connectivity index (χ1v) is 35.0. The van der Waals surface area contributed by atoms with Crippen LogP contribution in [0.4, 0.5) is 0 Å². The Morgan fingerprint density at radius 1 is 0.444 bits per heavy atom. The zero-order valence-corrected chi connectivity index (χ0v) is 54.4. The van der Waals surface area contributed by atoms with E-state index in [1.807, 2.05) is 33.3 Å². The molecule has 0 aromatic heterocycles. The SMILES string of the molecule is CC/C=C\C/C=C\C/C=C\C/C=C\C/C=C\C/C=C\CCCCCCCCCCC(=O)OC(/C=C\CCCCCCCCCCCCC)C(COP(=O)([O-])OCC[N+](C)(C)C)NC(=O)CCCCCCCCC/C=C\CCCCCC. The molecule has 0 aliphatic heterocycles. The van der Waals surface area contributed by atoms with Crippen molar-refractivity contribution < 1.29 is 37.3 Å². The van der Waals surface area contributed by atoms with Gasteiger partial charge >= 0.3 is 5.97 Å². The molecule has 0 aromatic rings. The number of carbonyl (C=O) groups excluding carboxylic acids is 2. The van der Waals surface area contributed by atoms with Gasteiger partial charge in [-0.1, -0.05) is 266 Å². The number of rotatable bonds is 60. The Hall–Kier alpha value is -3.07. The van der Waals surface area contributed by atoms with E-state index >= 15 is 0 Å². The summed E-state index contributed by atoms with van der Waals surface area (Å²) in [6.45, 7) is 6.72. The molecule has 468 valence electrons. The van der Waals surface area contributed by atoms with Crippen molar-refractivity contribution in [3.8, 4) is 0 Å². The molecule has 0 radical (unpaired) electrons. The molecule has 0 saturated heterocycles. The van der Waals surface area contributed by atoms with Gasteiger partial charge in [0, 0.05) is 12.8 Å². The van der Waals surface area contributed by atoms with E-state index in [-0.39, 0.29) is 24.9 Å². The first kappa shape index (κ1) is 77.9. The van der Waals surface area contributed by atoms with Crippen molar-refractivity contribution in [2.24, 2.45) is 0 Å². The minimum Gasteiger partial charge on any atom is -0.756 e. The highest BCUT2D eigenvalue weighted by Crippen LogP contribution is 2.38. The summed E-state index contributed by atoms with van der Waals surface area (Å²) in [6.07, 6.45) is 80.9. The van der Waals surface area contributed by atoms with Crippen molar-refractivity contribution >= 4 is 19.7 Å². The van der Waals surface area contributed by atoms with Crippen molar-refractivity contribution in [3.05, 3.63) is 97.2 Å². The van der Waals surface area contributed by atoms with Crippen LogP contribution in [0.5, 0.6) is 0 Å². The molecule has 0 aliphatic carbocycles. The van der Waals surface area contributed by atoms with Crippen LogP contribution in [-0.2, 0) is 27.9 Å². The van der Waals surface area contributed by atoms with E-state index in [1.54, 1.807) is 0 Å². The van der Waals surface area contributed by atoms with Crippen LogP contribution in [0.3, 0.4) is 0 Å². The number of carbonyl (C=O) groups is 2. The molecule has 1 N–H and O–H groups in total. The average molecular weight is 1150 g/mol. The number of phosphoric ester groups is 1. The van der Waals surface area contributed by atoms with Gasteiger partial charge in [-0.25, -0.2) is 0 Å². The summed E-state index contributed by atoms with van der Waals surface area (Å²) in [7, 11) is 1.17. The maximum atomic E-state index is 13.5. The Balaban J connectivity index is 5.15. The van der Waals surface area contributed by atoms with Gasteiger partial charge in [0.05, 0.1) is 33.8 Å². The molecule has 0 spiro atoms. The van der Waals surface area contributed by atoms with E-state index < -0.39 is 26.6 Å². The van der Waals surface area contributed by atoms with Crippen LogP contribution in [0.15, 0.2) is 97.2 Å². The number of unbranched alkanes of at least 4 members (excludes halogenated alkanes) is 30. The highest BCUT2D eigenvalue weighted by molar-refractivity contribution is 7.45. The lowest BCUT2D eigenvalue weighted by molar-refractivity contribution is -0.870. The van der Waals surface area contributed by atoms with Crippen LogP contribution in [-0.4, -0.2) is 69.4 Å². The van der Waals surface area contributed by atoms with Crippen LogP contribution in [0.25, 0.3) is 0 Å². The predicted molar refractivity (Wildman–Crippen MR) is 348 cm³/mol. The van der Waals surface area contributed by atoms with Gasteiger partial charge in [0.2, 0.25) is 5.91 Å². The van der Waals surface area contributed by atoms with Crippen LogP contribution >= 0.6 is 7.82 Å². The number of likely N-dealkylation sites (N-methyl/N-ethyl adjacent to an activating group) is 1. The fourth-order valence-electron chi connectivity index (χ4n) is 9.34. The number of quaternary nitrogens is 1. The molecule has 3 atom stereocenters. The molecular formula is C71H127N2O7P. The monoisotopic (exact) mass is 1150 g/mol. The number of hydrogen-bond acceptors (Lipinski definition) is 7. The Morgan fingerprint density at radius 3 is 1.21 bits per heavy atom. The molecule has 0 aliphatic rings. The molecule has 0 bridgehead atoms. The summed E-state index contributed by atoms with van der Waals surface area (Å²) in [5.74, 6) is -0.554. The van der Waals surface area contributed by atoms with Gasteiger partial charge in [-0.2, -0.15) is 0 Å². The molecule has 0 saturated carbocycles. The van der Waals surface area contributed by atoms with Gasteiger partial charge in [-0.05, 0) is 109 Å². The fraction of sp³-hybridized carbons (Fsp3) is 0.746. The molecule has 81 heavy (non-hydrogen) atoms. The number of nitrogens with zero attached hydrogens (tertiary/aromatic N) is 1. The normalized spacial score (nSPS) is 14.2. The van der Waals surface area contributed by atoms with Crippen LogP contribution < -0.4 is 10.2 Å². The highest BCUT2D eigenvalue weighted by atomic mass is 31.2. The number of amides is 1. The quantitative estimate of drug-likeness (QED) is 0.0212. The number of hydrogen-bond donors (Lipinski definition) is 1. The fourth-order valence-corrected chi connectivity index (χ4v) is 10.1. The molecule has 3 unspecified atom stereocenters. The van der Waals surface area contributed by atoms with Crippen molar-refractivity contribution in [2.75, 3.05) is 40.9 Å². The molecule has 1 amide bonds. The molecule has 0 rings (SSSR count). The maximum Gasteiger partial charge on any atom is 0.306 e. The Kier molecular flexibility index (Phi) is 57.8. The van der Waals surface area contributed by atoms with Gasteiger partial charge < -0.3 is 28.5 Å². The van der Waals surface area contributed by atoms with Crippen molar-refractivity contribution in [2.45, 2.75) is 303 Å². The predicted octanol–water partition coefficient (Wildman–Crippen LogP) is 20.5. The van der Waals surface area contributed by atoms with Crippen molar-refractivity contribution in [3.63, 3.8) is 0 Å². The number of esters is 1. The number of ether oxygens (including phenoxy) is 1. The van der Waals surface area contributed by atoms with E-state index in [1.165, 1.54) is 135 Å². The zero-order chi connectivity index (χ0) is 59.3. The number of allylic oxidation sites excluding steroid dienone is 15. The topological polar surface area (TPSA) is 114 Å².